The third-order valence-electron chi connectivity index (χ3n) is 2.94. The van der Waals surface area contributed by atoms with Crippen molar-refractivity contribution in [1.82, 2.24) is 10.2 Å². The van der Waals surface area contributed by atoms with Gasteiger partial charge in [-0.15, -0.1) is 10.2 Å². The zero-order chi connectivity index (χ0) is 11.5. The predicted octanol–water partition coefficient (Wildman–Crippen LogP) is 3.07. The lowest BCUT2D eigenvalue weighted by atomic mass is 9.85. The van der Waals surface area contributed by atoms with E-state index in [-0.39, 0.29) is 6.10 Å². The molecule has 0 spiro atoms. The van der Waals surface area contributed by atoms with Crippen molar-refractivity contribution < 1.29 is 9.15 Å². The molecule has 1 aliphatic rings. The highest BCUT2D eigenvalue weighted by molar-refractivity contribution is 4.97. The lowest BCUT2D eigenvalue weighted by Crippen LogP contribution is -2.08. The second-order valence-electron chi connectivity index (χ2n) is 4.98. The first-order valence-electron chi connectivity index (χ1n) is 6.11. The lowest BCUT2D eigenvalue weighted by Gasteiger charge is -2.20. The van der Waals surface area contributed by atoms with Gasteiger partial charge in [-0.05, 0) is 25.7 Å². The summed E-state index contributed by atoms with van der Waals surface area (Å²) in [5, 5.41) is 8.15. The van der Waals surface area contributed by atoms with Gasteiger partial charge in [0.05, 0.1) is 0 Å². The average molecular weight is 224 g/mol. The minimum Gasteiger partial charge on any atom is -0.422 e. The molecule has 4 nitrogen and oxygen atoms in total. The third-order valence-corrected chi connectivity index (χ3v) is 2.94. The summed E-state index contributed by atoms with van der Waals surface area (Å²) in [6.45, 7) is 6.93. The van der Waals surface area contributed by atoms with Crippen molar-refractivity contribution in [2.75, 3.05) is 6.61 Å². The van der Waals surface area contributed by atoms with Crippen LogP contribution in [0, 0.1) is 5.92 Å². The van der Waals surface area contributed by atoms with Gasteiger partial charge in [0.1, 0.15) is 6.10 Å². The molecule has 16 heavy (non-hydrogen) atoms. The molecular formula is C12H20N2O2. The fourth-order valence-electron chi connectivity index (χ4n) is 1.64. The zero-order valence-corrected chi connectivity index (χ0v) is 10.3. The van der Waals surface area contributed by atoms with Crippen molar-refractivity contribution in [3.05, 3.63) is 11.8 Å². The monoisotopic (exact) mass is 224 g/mol. The van der Waals surface area contributed by atoms with Gasteiger partial charge in [0.2, 0.25) is 11.8 Å². The number of ether oxygens (including phenoxy) is 1. The Hall–Kier alpha value is -0.900. The summed E-state index contributed by atoms with van der Waals surface area (Å²) in [6.07, 6.45) is 3.55. The Morgan fingerprint density at radius 3 is 2.62 bits per heavy atom. The van der Waals surface area contributed by atoms with E-state index in [1.807, 2.05) is 6.92 Å². The van der Waals surface area contributed by atoms with Crippen LogP contribution in [0.4, 0.5) is 0 Å². The Labute approximate surface area is 96.4 Å². The first-order chi connectivity index (χ1) is 7.66. The number of aromatic nitrogens is 2. The van der Waals surface area contributed by atoms with E-state index in [2.05, 4.69) is 24.0 Å². The lowest BCUT2D eigenvalue weighted by molar-refractivity contribution is 0.0291. The molecule has 0 N–H and O–H groups in total. The smallest absolute Gasteiger partial charge is 0.244 e. The highest BCUT2D eigenvalue weighted by Crippen LogP contribution is 2.35. The normalized spacial score (nSPS) is 18.8. The summed E-state index contributed by atoms with van der Waals surface area (Å²) in [7, 11) is 0. The first kappa shape index (κ1) is 11.6. The van der Waals surface area contributed by atoms with E-state index in [4.69, 9.17) is 9.15 Å². The van der Waals surface area contributed by atoms with Crippen molar-refractivity contribution in [3.63, 3.8) is 0 Å². The first-order valence-corrected chi connectivity index (χ1v) is 6.11. The van der Waals surface area contributed by atoms with Crippen LogP contribution in [0.2, 0.25) is 0 Å². The quantitative estimate of drug-likeness (QED) is 0.771. The van der Waals surface area contributed by atoms with E-state index in [0.717, 1.165) is 12.5 Å². The Balaban J connectivity index is 1.90. The van der Waals surface area contributed by atoms with E-state index in [1.165, 1.54) is 19.3 Å². The number of hydrogen-bond donors (Lipinski definition) is 0. The molecule has 1 aliphatic carbocycles. The summed E-state index contributed by atoms with van der Waals surface area (Å²) in [4.78, 5) is 0. The minimum absolute atomic E-state index is 0.0938. The standard InChI is InChI=1S/C12H20N2O2/c1-8(2)7-15-9(3)11-13-14-12(16-11)10-5-4-6-10/h8-10H,4-7H2,1-3H3/t9-/m1/s1. The van der Waals surface area contributed by atoms with Crippen molar-refractivity contribution >= 4 is 0 Å². The summed E-state index contributed by atoms with van der Waals surface area (Å²) >= 11 is 0. The maximum atomic E-state index is 5.64. The fourth-order valence-corrected chi connectivity index (χ4v) is 1.64. The van der Waals surface area contributed by atoms with Crippen molar-refractivity contribution in [2.45, 2.75) is 52.1 Å². The molecule has 4 heteroatoms. The highest BCUT2D eigenvalue weighted by Gasteiger charge is 2.26. The Morgan fingerprint density at radius 2 is 2.06 bits per heavy atom. The summed E-state index contributed by atoms with van der Waals surface area (Å²) < 4.78 is 11.3. The van der Waals surface area contributed by atoms with Gasteiger partial charge in [-0.25, -0.2) is 0 Å². The SMILES string of the molecule is CC(C)CO[C@H](C)c1nnc(C2CCC2)o1. The van der Waals surface area contributed by atoms with Crippen LogP contribution in [0.1, 0.15) is 63.8 Å². The maximum absolute atomic E-state index is 5.64. The van der Waals surface area contributed by atoms with Gasteiger partial charge in [0, 0.05) is 12.5 Å². The van der Waals surface area contributed by atoms with Crippen LogP contribution >= 0.6 is 0 Å². The number of hydrogen-bond acceptors (Lipinski definition) is 4. The van der Waals surface area contributed by atoms with Crippen LogP contribution in [0.15, 0.2) is 4.42 Å². The molecule has 0 aromatic carbocycles. The molecule has 0 saturated heterocycles. The van der Waals surface area contributed by atoms with Crippen LogP contribution < -0.4 is 0 Å². The largest absolute Gasteiger partial charge is 0.422 e. The molecule has 0 radical (unpaired) electrons. The zero-order valence-electron chi connectivity index (χ0n) is 10.3. The van der Waals surface area contributed by atoms with Crippen LogP contribution in [0.3, 0.4) is 0 Å². The molecule has 0 unspecified atom stereocenters. The molecule has 0 bridgehead atoms. The van der Waals surface area contributed by atoms with Crippen molar-refractivity contribution in [1.29, 1.82) is 0 Å². The Bertz CT molecular complexity index is 332. The Morgan fingerprint density at radius 1 is 1.31 bits per heavy atom. The van der Waals surface area contributed by atoms with Gasteiger partial charge in [-0.3, -0.25) is 0 Å². The Kier molecular flexibility index (Phi) is 3.59. The second kappa shape index (κ2) is 4.95. The predicted molar refractivity (Wildman–Crippen MR) is 60.1 cm³/mol. The van der Waals surface area contributed by atoms with Gasteiger partial charge >= 0.3 is 0 Å². The second-order valence-corrected chi connectivity index (χ2v) is 4.98. The molecule has 0 amide bonds. The molecule has 90 valence electrons. The summed E-state index contributed by atoms with van der Waals surface area (Å²) in [5.41, 5.74) is 0. The molecule has 1 aromatic heterocycles. The van der Waals surface area contributed by atoms with Gasteiger partial charge < -0.3 is 9.15 Å². The van der Waals surface area contributed by atoms with Crippen LogP contribution in [-0.4, -0.2) is 16.8 Å². The molecule has 1 atom stereocenters. The molecule has 0 aliphatic heterocycles. The van der Waals surface area contributed by atoms with E-state index < -0.39 is 0 Å². The topological polar surface area (TPSA) is 48.2 Å². The van der Waals surface area contributed by atoms with Gasteiger partial charge in [-0.1, -0.05) is 20.3 Å². The van der Waals surface area contributed by atoms with E-state index >= 15 is 0 Å². The van der Waals surface area contributed by atoms with E-state index in [9.17, 15) is 0 Å². The van der Waals surface area contributed by atoms with Crippen LogP contribution in [0.5, 0.6) is 0 Å². The number of nitrogens with zero attached hydrogens (tertiary/aromatic N) is 2. The summed E-state index contributed by atoms with van der Waals surface area (Å²) in [6, 6.07) is 0. The van der Waals surface area contributed by atoms with E-state index in [0.29, 0.717) is 17.7 Å². The third kappa shape index (κ3) is 2.61. The highest BCUT2D eigenvalue weighted by atomic mass is 16.5. The molecule has 1 aromatic rings. The molecule has 2 rings (SSSR count). The van der Waals surface area contributed by atoms with Gasteiger partial charge in [0.15, 0.2) is 0 Å². The number of rotatable bonds is 5. The summed E-state index contributed by atoms with van der Waals surface area (Å²) in [5.74, 6) is 2.43. The molecule has 1 heterocycles. The van der Waals surface area contributed by atoms with Crippen molar-refractivity contribution in [3.8, 4) is 0 Å². The van der Waals surface area contributed by atoms with Crippen LogP contribution in [0.25, 0.3) is 0 Å². The van der Waals surface area contributed by atoms with Crippen LogP contribution in [-0.2, 0) is 4.74 Å². The molecule has 1 fully saturated rings. The molecular weight excluding hydrogens is 204 g/mol. The van der Waals surface area contributed by atoms with Gasteiger partial charge in [-0.2, -0.15) is 0 Å². The average Bonchev–Trinajstić information content (AvgIpc) is 2.60. The molecule has 1 saturated carbocycles. The van der Waals surface area contributed by atoms with E-state index in [1.54, 1.807) is 0 Å². The van der Waals surface area contributed by atoms with Crippen molar-refractivity contribution in [2.24, 2.45) is 5.92 Å². The fraction of sp³-hybridized carbons (Fsp3) is 0.833. The minimum atomic E-state index is -0.0938. The maximum Gasteiger partial charge on any atom is 0.244 e. The van der Waals surface area contributed by atoms with Gasteiger partial charge in [0.25, 0.3) is 0 Å².